The predicted molar refractivity (Wildman–Crippen MR) is 113 cm³/mol. The van der Waals surface area contributed by atoms with E-state index in [1.54, 1.807) is 11.3 Å². The second kappa shape index (κ2) is 9.50. The number of nitrogens with zero attached hydrogens (tertiary/aromatic N) is 2. The van der Waals surface area contributed by atoms with Gasteiger partial charge in [-0.05, 0) is 34.6 Å². The zero-order valence-electron chi connectivity index (χ0n) is 16.7. The average Bonchev–Trinajstić information content (AvgIpc) is 2.97. The first-order valence-corrected chi connectivity index (χ1v) is 9.95. The summed E-state index contributed by atoms with van der Waals surface area (Å²) in [4.78, 5) is 22.2. The van der Waals surface area contributed by atoms with Crippen molar-refractivity contribution in [2.24, 2.45) is 4.99 Å². The zero-order chi connectivity index (χ0) is 19.9. The van der Waals surface area contributed by atoms with Gasteiger partial charge in [-0.1, -0.05) is 30.3 Å². The first kappa shape index (κ1) is 20.9. The lowest BCUT2D eigenvalue weighted by molar-refractivity contribution is -0.121. The van der Waals surface area contributed by atoms with Crippen molar-refractivity contribution in [1.82, 2.24) is 20.9 Å². The summed E-state index contributed by atoms with van der Waals surface area (Å²) in [7, 11) is 0. The normalized spacial score (nSPS) is 12.0. The molecule has 2 rings (SSSR count). The SMILES string of the molecule is CCNC(=NCC(=O)NC(C)(C)C)NCc1sc(-c2ccccc2)nc1C. The van der Waals surface area contributed by atoms with E-state index >= 15 is 0 Å². The van der Waals surface area contributed by atoms with Crippen molar-refractivity contribution in [1.29, 1.82) is 0 Å². The summed E-state index contributed by atoms with van der Waals surface area (Å²) in [5.74, 6) is 0.524. The first-order valence-electron chi connectivity index (χ1n) is 9.13. The van der Waals surface area contributed by atoms with Crippen LogP contribution in [0.3, 0.4) is 0 Å². The number of carbonyl (C=O) groups excluding carboxylic acids is 1. The highest BCUT2D eigenvalue weighted by Crippen LogP contribution is 2.27. The Morgan fingerprint density at radius 3 is 2.52 bits per heavy atom. The van der Waals surface area contributed by atoms with E-state index < -0.39 is 0 Å². The highest BCUT2D eigenvalue weighted by molar-refractivity contribution is 7.15. The molecule has 0 aliphatic heterocycles. The van der Waals surface area contributed by atoms with Crippen LogP contribution in [0.4, 0.5) is 0 Å². The van der Waals surface area contributed by atoms with Crippen molar-refractivity contribution < 1.29 is 4.79 Å². The van der Waals surface area contributed by atoms with Crippen molar-refractivity contribution in [3.8, 4) is 10.6 Å². The Hall–Kier alpha value is -2.41. The lowest BCUT2D eigenvalue weighted by Gasteiger charge is -2.20. The lowest BCUT2D eigenvalue weighted by Crippen LogP contribution is -2.43. The van der Waals surface area contributed by atoms with Crippen LogP contribution >= 0.6 is 11.3 Å². The Morgan fingerprint density at radius 1 is 1.19 bits per heavy atom. The fourth-order valence-electron chi connectivity index (χ4n) is 2.41. The van der Waals surface area contributed by atoms with E-state index in [9.17, 15) is 4.79 Å². The van der Waals surface area contributed by atoms with Gasteiger partial charge in [0, 0.05) is 22.5 Å². The Morgan fingerprint density at radius 2 is 1.89 bits per heavy atom. The monoisotopic (exact) mass is 387 g/mol. The van der Waals surface area contributed by atoms with E-state index in [1.807, 2.05) is 52.8 Å². The van der Waals surface area contributed by atoms with Gasteiger partial charge in [0.1, 0.15) is 11.6 Å². The largest absolute Gasteiger partial charge is 0.357 e. The molecule has 0 spiro atoms. The lowest BCUT2D eigenvalue weighted by atomic mass is 10.1. The maximum Gasteiger partial charge on any atom is 0.242 e. The van der Waals surface area contributed by atoms with Gasteiger partial charge in [0.05, 0.1) is 12.2 Å². The third kappa shape index (κ3) is 7.02. The van der Waals surface area contributed by atoms with Gasteiger partial charge in [-0.2, -0.15) is 0 Å². The number of nitrogens with one attached hydrogen (secondary N) is 3. The van der Waals surface area contributed by atoms with E-state index in [0.29, 0.717) is 12.5 Å². The van der Waals surface area contributed by atoms with Gasteiger partial charge in [0.15, 0.2) is 5.96 Å². The summed E-state index contributed by atoms with van der Waals surface area (Å²) in [6.07, 6.45) is 0. The van der Waals surface area contributed by atoms with E-state index in [2.05, 4.69) is 38.1 Å². The fraction of sp³-hybridized carbons (Fsp3) is 0.450. The number of aliphatic imine (C=N–C) groups is 1. The molecule has 1 heterocycles. The molecular formula is C20H29N5OS. The molecule has 3 N–H and O–H groups in total. The highest BCUT2D eigenvalue weighted by Gasteiger charge is 2.14. The van der Waals surface area contributed by atoms with Crippen LogP contribution < -0.4 is 16.0 Å². The first-order chi connectivity index (χ1) is 12.8. The minimum Gasteiger partial charge on any atom is -0.357 e. The Kier molecular flexibility index (Phi) is 7.36. The van der Waals surface area contributed by atoms with Crippen LogP contribution in [0.15, 0.2) is 35.3 Å². The van der Waals surface area contributed by atoms with E-state index in [0.717, 1.165) is 27.7 Å². The molecular weight excluding hydrogens is 358 g/mol. The molecule has 1 amide bonds. The van der Waals surface area contributed by atoms with Crippen LogP contribution in [0, 0.1) is 6.92 Å². The molecule has 0 unspecified atom stereocenters. The predicted octanol–water partition coefficient (Wildman–Crippen LogP) is 3.09. The Bertz CT molecular complexity index is 777. The number of amides is 1. The molecule has 0 bridgehead atoms. The number of benzene rings is 1. The van der Waals surface area contributed by atoms with Crippen LogP contribution in [0.25, 0.3) is 10.6 Å². The number of aryl methyl sites for hydroxylation is 1. The van der Waals surface area contributed by atoms with Gasteiger partial charge in [-0.15, -0.1) is 11.3 Å². The summed E-state index contributed by atoms with van der Waals surface area (Å²) < 4.78 is 0. The van der Waals surface area contributed by atoms with E-state index in [1.165, 1.54) is 0 Å². The third-order valence-corrected chi connectivity index (χ3v) is 4.78. The van der Waals surface area contributed by atoms with Gasteiger partial charge in [-0.3, -0.25) is 4.79 Å². The molecule has 0 aliphatic rings. The summed E-state index contributed by atoms with van der Waals surface area (Å²) >= 11 is 1.67. The fourth-order valence-corrected chi connectivity index (χ4v) is 3.42. The molecule has 6 nitrogen and oxygen atoms in total. The number of hydrogen-bond donors (Lipinski definition) is 3. The molecule has 0 saturated heterocycles. The van der Waals surface area contributed by atoms with E-state index in [-0.39, 0.29) is 18.0 Å². The zero-order valence-corrected chi connectivity index (χ0v) is 17.5. The van der Waals surface area contributed by atoms with Gasteiger partial charge in [0.2, 0.25) is 5.91 Å². The van der Waals surface area contributed by atoms with Crippen LogP contribution in [0.5, 0.6) is 0 Å². The molecule has 2 aromatic rings. The second-order valence-electron chi connectivity index (χ2n) is 7.24. The third-order valence-electron chi connectivity index (χ3n) is 3.57. The molecule has 0 saturated carbocycles. The Labute approximate surface area is 165 Å². The summed E-state index contributed by atoms with van der Waals surface area (Å²) in [6.45, 7) is 11.3. The minimum atomic E-state index is -0.258. The van der Waals surface area contributed by atoms with Gasteiger partial charge >= 0.3 is 0 Å². The summed E-state index contributed by atoms with van der Waals surface area (Å²) in [5.41, 5.74) is 1.87. The smallest absolute Gasteiger partial charge is 0.242 e. The van der Waals surface area contributed by atoms with Gasteiger partial charge < -0.3 is 16.0 Å². The maximum atomic E-state index is 12.0. The number of carbonyl (C=O) groups is 1. The van der Waals surface area contributed by atoms with Crippen LogP contribution in [0.2, 0.25) is 0 Å². The Balaban J connectivity index is 2.00. The number of guanidine groups is 1. The molecule has 1 aromatic heterocycles. The number of aromatic nitrogens is 1. The molecule has 0 atom stereocenters. The quantitative estimate of drug-likeness (QED) is 0.526. The molecule has 7 heteroatoms. The summed E-state index contributed by atoms with van der Waals surface area (Å²) in [5, 5.41) is 10.4. The summed E-state index contributed by atoms with van der Waals surface area (Å²) in [6, 6.07) is 10.2. The standard InChI is InChI=1S/C20H29N5OS/c1-6-21-19(23-13-17(26)25-20(3,4)5)22-12-16-14(2)24-18(27-16)15-10-8-7-9-11-15/h7-11H,6,12-13H2,1-5H3,(H,25,26)(H2,21,22,23). The van der Waals surface area contributed by atoms with Gasteiger partial charge in [0.25, 0.3) is 0 Å². The van der Waals surface area contributed by atoms with Gasteiger partial charge in [-0.25, -0.2) is 9.98 Å². The molecule has 0 radical (unpaired) electrons. The van der Waals surface area contributed by atoms with Crippen LogP contribution in [0.1, 0.15) is 38.3 Å². The van der Waals surface area contributed by atoms with Crippen molar-refractivity contribution in [2.45, 2.75) is 46.7 Å². The van der Waals surface area contributed by atoms with Crippen molar-refractivity contribution >= 4 is 23.2 Å². The molecule has 1 aromatic carbocycles. The highest BCUT2D eigenvalue weighted by atomic mass is 32.1. The van der Waals surface area contributed by atoms with Crippen molar-refractivity contribution in [2.75, 3.05) is 13.1 Å². The van der Waals surface area contributed by atoms with E-state index in [4.69, 9.17) is 0 Å². The number of thiazole rings is 1. The van der Waals surface area contributed by atoms with Crippen molar-refractivity contribution in [3.63, 3.8) is 0 Å². The van der Waals surface area contributed by atoms with Crippen LogP contribution in [-0.2, 0) is 11.3 Å². The maximum absolute atomic E-state index is 12.0. The number of rotatable bonds is 6. The van der Waals surface area contributed by atoms with Crippen LogP contribution in [-0.4, -0.2) is 35.5 Å². The topological polar surface area (TPSA) is 78.4 Å². The molecule has 0 aliphatic carbocycles. The molecule has 0 fully saturated rings. The average molecular weight is 388 g/mol. The number of hydrogen-bond acceptors (Lipinski definition) is 4. The molecule has 146 valence electrons. The van der Waals surface area contributed by atoms with Crippen molar-refractivity contribution in [3.05, 3.63) is 40.9 Å². The minimum absolute atomic E-state index is 0.0868. The second-order valence-corrected chi connectivity index (χ2v) is 8.32. The molecule has 27 heavy (non-hydrogen) atoms.